The van der Waals surface area contributed by atoms with Crippen molar-refractivity contribution in [1.29, 1.82) is 0 Å². The normalized spacial score (nSPS) is 31.4. The molecular weight excluding hydrogens is 312 g/mol. The highest BCUT2D eigenvalue weighted by Gasteiger charge is 2.39. The van der Waals surface area contributed by atoms with Crippen molar-refractivity contribution in [3.05, 3.63) is 20.8 Å². The summed E-state index contributed by atoms with van der Waals surface area (Å²) in [5.74, 6) is 1.48. The van der Waals surface area contributed by atoms with Crippen LogP contribution in [0.2, 0.25) is 0 Å². The molecule has 0 spiro atoms. The number of nitrogens with zero attached hydrogens (tertiary/aromatic N) is 1. The number of nitrogens with two attached hydrogens (primary N) is 1. The molecule has 98 valence electrons. The Morgan fingerprint density at radius 3 is 2.89 bits per heavy atom. The third-order valence-corrected chi connectivity index (χ3v) is 6.01. The number of carbonyl (C=O) groups excluding carboxylic acids is 1. The second-order valence-electron chi connectivity index (χ2n) is 5.40. The number of likely N-dealkylation sites (tertiary alicyclic amines) is 1. The highest BCUT2D eigenvalue weighted by atomic mass is 79.9. The molecule has 1 unspecified atom stereocenters. The number of carbonyl (C=O) groups is 1. The van der Waals surface area contributed by atoms with Crippen molar-refractivity contribution in [1.82, 2.24) is 4.90 Å². The second-order valence-corrected chi connectivity index (χ2v) is 7.17. The van der Waals surface area contributed by atoms with Gasteiger partial charge in [-0.15, -0.1) is 11.3 Å². The zero-order valence-corrected chi connectivity index (χ0v) is 12.5. The highest BCUT2D eigenvalue weighted by molar-refractivity contribution is 9.10. The van der Waals surface area contributed by atoms with Gasteiger partial charge in [0.15, 0.2) is 0 Å². The summed E-state index contributed by atoms with van der Waals surface area (Å²) >= 11 is 4.96. The van der Waals surface area contributed by atoms with Gasteiger partial charge in [-0.3, -0.25) is 4.79 Å². The lowest BCUT2D eigenvalue weighted by Crippen LogP contribution is -2.32. The van der Waals surface area contributed by atoms with E-state index in [0.717, 1.165) is 35.3 Å². The van der Waals surface area contributed by atoms with Gasteiger partial charge in [-0.05, 0) is 58.5 Å². The molecule has 2 aliphatic rings. The predicted molar refractivity (Wildman–Crippen MR) is 76.7 cm³/mol. The summed E-state index contributed by atoms with van der Waals surface area (Å²) in [6, 6.07) is 2.28. The summed E-state index contributed by atoms with van der Waals surface area (Å²) in [7, 11) is 0. The Labute approximate surface area is 119 Å². The van der Waals surface area contributed by atoms with Gasteiger partial charge in [-0.25, -0.2) is 0 Å². The fourth-order valence-electron chi connectivity index (χ4n) is 3.22. The molecule has 1 aromatic rings. The van der Waals surface area contributed by atoms with Gasteiger partial charge in [0.1, 0.15) is 4.88 Å². The Bertz CT molecular complexity index is 462. The third-order valence-electron chi connectivity index (χ3n) is 4.19. The number of halogens is 1. The van der Waals surface area contributed by atoms with Gasteiger partial charge in [0, 0.05) is 23.6 Å². The summed E-state index contributed by atoms with van der Waals surface area (Å²) in [4.78, 5) is 15.3. The van der Waals surface area contributed by atoms with E-state index in [2.05, 4.69) is 15.9 Å². The minimum absolute atomic E-state index is 0.180. The van der Waals surface area contributed by atoms with Crippen LogP contribution in [0, 0.1) is 11.8 Å². The summed E-state index contributed by atoms with van der Waals surface area (Å²) in [6.45, 7) is 1.81. The van der Waals surface area contributed by atoms with Crippen molar-refractivity contribution >= 4 is 33.2 Å². The van der Waals surface area contributed by atoms with E-state index in [0.29, 0.717) is 17.9 Å². The number of thiophene rings is 1. The first-order valence-corrected chi connectivity index (χ1v) is 8.10. The molecule has 5 heteroatoms. The van der Waals surface area contributed by atoms with Gasteiger partial charge in [-0.2, -0.15) is 0 Å². The summed E-state index contributed by atoms with van der Waals surface area (Å²) in [5, 5.41) is 1.95. The maximum Gasteiger partial charge on any atom is 0.265 e. The minimum Gasteiger partial charge on any atom is -0.337 e. The fourth-order valence-corrected chi connectivity index (χ4v) is 4.73. The van der Waals surface area contributed by atoms with E-state index in [9.17, 15) is 4.79 Å². The number of fused-ring (bicyclic) bond motifs is 1. The number of hydrogen-bond acceptors (Lipinski definition) is 3. The van der Waals surface area contributed by atoms with Crippen molar-refractivity contribution in [3.63, 3.8) is 0 Å². The molecule has 1 aliphatic heterocycles. The Hall–Kier alpha value is -0.390. The van der Waals surface area contributed by atoms with E-state index in [1.165, 1.54) is 17.8 Å². The molecule has 1 aliphatic carbocycles. The van der Waals surface area contributed by atoms with Crippen LogP contribution in [0.4, 0.5) is 0 Å². The maximum atomic E-state index is 12.4. The molecule has 2 fully saturated rings. The molecule has 1 aromatic heterocycles. The highest BCUT2D eigenvalue weighted by Crippen LogP contribution is 2.37. The average Bonchev–Trinajstić information content (AvgIpc) is 2.93. The van der Waals surface area contributed by atoms with Crippen LogP contribution in [0.1, 0.15) is 28.9 Å². The largest absolute Gasteiger partial charge is 0.337 e. The van der Waals surface area contributed by atoms with Crippen molar-refractivity contribution in [3.8, 4) is 0 Å². The van der Waals surface area contributed by atoms with Crippen LogP contribution in [0.5, 0.6) is 0 Å². The molecule has 18 heavy (non-hydrogen) atoms. The van der Waals surface area contributed by atoms with Gasteiger partial charge in [0.25, 0.3) is 5.91 Å². The van der Waals surface area contributed by atoms with Crippen molar-refractivity contribution in [2.75, 3.05) is 13.1 Å². The summed E-state index contributed by atoms with van der Waals surface area (Å²) in [5.41, 5.74) is 6.02. The predicted octanol–water partition coefficient (Wildman–Crippen LogP) is 2.71. The van der Waals surface area contributed by atoms with Gasteiger partial charge >= 0.3 is 0 Å². The molecule has 3 atom stereocenters. The van der Waals surface area contributed by atoms with Gasteiger partial charge in [0.2, 0.25) is 0 Å². The molecule has 2 heterocycles. The first-order valence-electron chi connectivity index (χ1n) is 6.43. The molecule has 3 nitrogen and oxygen atoms in total. The van der Waals surface area contributed by atoms with Gasteiger partial charge < -0.3 is 10.6 Å². The quantitative estimate of drug-likeness (QED) is 0.861. The molecule has 1 saturated heterocycles. The van der Waals surface area contributed by atoms with Crippen LogP contribution >= 0.6 is 27.3 Å². The van der Waals surface area contributed by atoms with E-state index in [1.54, 1.807) is 0 Å². The Kier molecular flexibility index (Phi) is 3.47. The maximum absolute atomic E-state index is 12.4. The minimum atomic E-state index is 0.180. The molecule has 1 saturated carbocycles. The monoisotopic (exact) mass is 328 g/mol. The molecule has 1 amide bonds. The smallest absolute Gasteiger partial charge is 0.265 e. The Morgan fingerprint density at radius 1 is 1.39 bits per heavy atom. The fraction of sp³-hybridized carbons (Fsp3) is 0.615. The average molecular weight is 329 g/mol. The first-order chi connectivity index (χ1) is 8.65. The van der Waals surface area contributed by atoms with Crippen molar-refractivity contribution < 1.29 is 4.79 Å². The molecule has 0 aromatic carbocycles. The summed E-state index contributed by atoms with van der Waals surface area (Å²) < 4.78 is 0.920. The van der Waals surface area contributed by atoms with Crippen LogP contribution in [-0.2, 0) is 0 Å². The molecule has 3 rings (SSSR count). The van der Waals surface area contributed by atoms with Crippen LogP contribution in [-0.4, -0.2) is 29.9 Å². The van der Waals surface area contributed by atoms with E-state index in [-0.39, 0.29) is 5.91 Å². The van der Waals surface area contributed by atoms with E-state index >= 15 is 0 Å². The van der Waals surface area contributed by atoms with Crippen LogP contribution in [0.25, 0.3) is 0 Å². The van der Waals surface area contributed by atoms with Crippen molar-refractivity contribution in [2.45, 2.75) is 25.3 Å². The Balaban J connectivity index is 1.72. The van der Waals surface area contributed by atoms with Crippen molar-refractivity contribution in [2.24, 2.45) is 17.6 Å². The van der Waals surface area contributed by atoms with E-state index in [1.807, 2.05) is 16.3 Å². The lowest BCUT2D eigenvalue weighted by Gasteiger charge is -2.27. The summed E-state index contributed by atoms with van der Waals surface area (Å²) in [6.07, 6.45) is 3.38. The lowest BCUT2D eigenvalue weighted by molar-refractivity contribution is 0.0788. The van der Waals surface area contributed by atoms with Gasteiger partial charge in [0.05, 0.1) is 0 Å². The first kappa shape index (κ1) is 12.6. The number of rotatable bonds is 1. The number of amides is 1. The molecule has 2 N–H and O–H groups in total. The Morgan fingerprint density at radius 2 is 2.17 bits per heavy atom. The molecule has 0 radical (unpaired) electrons. The number of hydrogen-bond donors (Lipinski definition) is 1. The van der Waals surface area contributed by atoms with Gasteiger partial charge in [-0.1, -0.05) is 0 Å². The zero-order chi connectivity index (χ0) is 12.7. The standard InChI is InChI=1S/C13H17BrN2OS/c14-11-3-4-18-12(11)13(17)16-6-8-1-2-10(15)5-9(8)7-16/h3-4,8-10H,1-2,5-7,15H2/t8-,9+,10?/m0/s1. The van der Waals surface area contributed by atoms with Crippen LogP contribution < -0.4 is 5.73 Å². The lowest BCUT2D eigenvalue weighted by atomic mass is 9.79. The molecular formula is C13H17BrN2OS. The second kappa shape index (κ2) is 4.94. The van der Waals surface area contributed by atoms with Crippen LogP contribution in [0.3, 0.4) is 0 Å². The third kappa shape index (κ3) is 2.24. The topological polar surface area (TPSA) is 46.3 Å². The molecule has 0 bridgehead atoms. The SMILES string of the molecule is NC1CC[C@H]2CN(C(=O)c3sccc3Br)C[C@H]2C1. The zero-order valence-electron chi connectivity index (χ0n) is 10.1. The van der Waals surface area contributed by atoms with E-state index < -0.39 is 0 Å². The van der Waals surface area contributed by atoms with Crippen LogP contribution in [0.15, 0.2) is 15.9 Å². The van der Waals surface area contributed by atoms with E-state index in [4.69, 9.17) is 5.73 Å².